The first-order chi connectivity index (χ1) is 29.6. The molecule has 1 unspecified atom stereocenters. The molecule has 0 aromatic carbocycles. The highest BCUT2D eigenvalue weighted by molar-refractivity contribution is 5.70. The summed E-state index contributed by atoms with van der Waals surface area (Å²) in [5.41, 5.74) is 0. The van der Waals surface area contributed by atoms with Crippen LogP contribution < -0.4 is 0 Å². The minimum Gasteiger partial charge on any atom is -0.462 e. The fourth-order valence-corrected chi connectivity index (χ4v) is 7.66. The van der Waals surface area contributed by atoms with Crippen LogP contribution in [0.2, 0.25) is 0 Å². The molecule has 352 valence electrons. The molecule has 0 saturated carbocycles. The van der Waals surface area contributed by atoms with Crippen LogP contribution in [0.15, 0.2) is 36.5 Å². The fourth-order valence-electron chi connectivity index (χ4n) is 7.66. The molecule has 0 radical (unpaired) electrons. The number of esters is 2. The Labute approximate surface area is 374 Å². The summed E-state index contributed by atoms with van der Waals surface area (Å²) in [4.78, 5) is 25.4. The molecule has 0 aliphatic rings. The summed E-state index contributed by atoms with van der Waals surface area (Å²) in [6.07, 6.45) is 61.5. The van der Waals surface area contributed by atoms with Gasteiger partial charge in [0.25, 0.3) is 0 Å². The van der Waals surface area contributed by atoms with E-state index in [9.17, 15) is 9.59 Å². The zero-order chi connectivity index (χ0) is 43.5. The zero-order valence-electron chi connectivity index (χ0n) is 40.5. The highest BCUT2D eigenvalue weighted by Crippen LogP contribution is 2.15. The molecular formula is C55H102O5. The second-order valence-corrected chi connectivity index (χ2v) is 17.8. The maximum atomic E-state index is 12.8. The second-order valence-electron chi connectivity index (χ2n) is 17.8. The van der Waals surface area contributed by atoms with Crippen LogP contribution in [0.25, 0.3) is 0 Å². The third-order valence-corrected chi connectivity index (χ3v) is 11.6. The smallest absolute Gasteiger partial charge is 0.306 e. The van der Waals surface area contributed by atoms with Crippen LogP contribution >= 0.6 is 0 Å². The molecule has 0 rings (SSSR count). The van der Waals surface area contributed by atoms with Crippen molar-refractivity contribution in [1.82, 2.24) is 0 Å². The Bertz CT molecular complexity index is 955. The van der Waals surface area contributed by atoms with Crippen LogP contribution in [-0.2, 0) is 23.8 Å². The van der Waals surface area contributed by atoms with Gasteiger partial charge in [-0.1, -0.05) is 231 Å². The zero-order valence-corrected chi connectivity index (χ0v) is 40.5. The predicted molar refractivity (Wildman–Crippen MR) is 261 cm³/mol. The molecule has 0 spiro atoms. The van der Waals surface area contributed by atoms with Gasteiger partial charge in [0.1, 0.15) is 6.61 Å². The lowest BCUT2D eigenvalue weighted by Crippen LogP contribution is -2.30. The molecule has 0 aromatic rings. The molecule has 5 nitrogen and oxygen atoms in total. The van der Waals surface area contributed by atoms with Gasteiger partial charge in [0.05, 0.1) is 6.61 Å². The van der Waals surface area contributed by atoms with E-state index < -0.39 is 6.10 Å². The molecule has 0 aromatic heterocycles. The van der Waals surface area contributed by atoms with E-state index in [-0.39, 0.29) is 25.2 Å². The summed E-state index contributed by atoms with van der Waals surface area (Å²) in [7, 11) is 0. The van der Waals surface area contributed by atoms with Crippen molar-refractivity contribution in [2.24, 2.45) is 0 Å². The van der Waals surface area contributed by atoms with Crippen LogP contribution in [0.4, 0.5) is 0 Å². The number of carbonyl (C=O) groups excluding carboxylic acids is 2. The highest BCUT2D eigenvalue weighted by Gasteiger charge is 2.17. The monoisotopic (exact) mass is 843 g/mol. The van der Waals surface area contributed by atoms with Gasteiger partial charge in [0.2, 0.25) is 0 Å². The van der Waals surface area contributed by atoms with Gasteiger partial charge < -0.3 is 14.2 Å². The molecule has 0 N–H and O–H groups in total. The predicted octanol–water partition coefficient (Wildman–Crippen LogP) is 17.8. The SMILES string of the molecule is CCC/C=C\C/C=C\CCCCCCCCOCC(COC(=O)CCCCCCC/C=C\CCCCCCCC)OC(=O)CCCCCCCCCCCCCCCCC. The molecule has 5 heteroatoms. The lowest BCUT2D eigenvalue weighted by Gasteiger charge is -2.18. The molecule has 60 heavy (non-hydrogen) atoms. The van der Waals surface area contributed by atoms with Crippen molar-refractivity contribution in [2.45, 2.75) is 284 Å². The van der Waals surface area contributed by atoms with Crippen LogP contribution in [0.1, 0.15) is 278 Å². The molecule has 0 heterocycles. The quantitative estimate of drug-likeness (QED) is 0.0347. The van der Waals surface area contributed by atoms with Gasteiger partial charge in [-0.25, -0.2) is 0 Å². The Morgan fingerprint density at radius 3 is 1.18 bits per heavy atom. The summed E-state index contributed by atoms with van der Waals surface area (Å²) >= 11 is 0. The number of unbranched alkanes of at least 4 members (excludes halogenated alkanes) is 32. The normalized spacial score (nSPS) is 12.4. The summed E-state index contributed by atoms with van der Waals surface area (Å²) in [5, 5.41) is 0. The standard InChI is InChI=1S/C55H102O5/c1-4-7-10-13-16-19-22-25-28-30-33-36-39-42-45-48-54(56)59-52-53(51-58-50-47-44-41-38-35-32-27-24-21-18-15-12-9-6-3)60-55(57)49-46-43-40-37-34-31-29-26-23-20-17-14-11-8-5-2/h12,15,21,24-25,28,53H,4-11,13-14,16-20,22-23,26-27,29-52H2,1-3H3/b15-12-,24-21-,28-25-. The topological polar surface area (TPSA) is 61.8 Å². The van der Waals surface area contributed by atoms with Crippen molar-refractivity contribution < 1.29 is 23.8 Å². The Kier molecular flexibility index (Phi) is 49.9. The van der Waals surface area contributed by atoms with Gasteiger partial charge in [-0.05, 0) is 70.6 Å². The Hall–Kier alpha value is -1.88. The maximum absolute atomic E-state index is 12.8. The van der Waals surface area contributed by atoms with Crippen molar-refractivity contribution in [2.75, 3.05) is 19.8 Å². The van der Waals surface area contributed by atoms with Gasteiger partial charge in [-0.3, -0.25) is 9.59 Å². The van der Waals surface area contributed by atoms with E-state index in [1.54, 1.807) is 0 Å². The Balaban J connectivity index is 4.26. The first-order valence-corrected chi connectivity index (χ1v) is 26.5. The molecule has 0 amide bonds. The van der Waals surface area contributed by atoms with Gasteiger partial charge in [0.15, 0.2) is 6.10 Å². The molecule has 0 saturated heterocycles. The Morgan fingerprint density at radius 2 is 0.733 bits per heavy atom. The van der Waals surface area contributed by atoms with Crippen LogP contribution in [0.3, 0.4) is 0 Å². The van der Waals surface area contributed by atoms with Gasteiger partial charge in [0, 0.05) is 19.4 Å². The summed E-state index contributed by atoms with van der Waals surface area (Å²) in [6.45, 7) is 7.77. The van der Waals surface area contributed by atoms with E-state index >= 15 is 0 Å². The van der Waals surface area contributed by atoms with Crippen molar-refractivity contribution in [3.8, 4) is 0 Å². The first kappa shape index (κ1) is 58.1. The van der Waals surface area contributed by atoms with Gasteiger partial charge >= 0.3 is 11.9 Å². The largest absolute Gasteiger partial charge is 0.462 e. The van der Waals surface area contributed by atoms with Crippen LogP contribution in [0, 0.1) is 0 Å². The second kappa shape index (κ2) is 51.5. The number of carbonyl (C=O) groups is 2. The summed E-state index contributed by atoms with van der Waals surface area (Å²) in [6, 6.07) is 0. The van der Waals surface area contributed by atoms with Crippen molar-refractivity contribution >= 4 is 11.9 Å². The average molecular weight is 843 g/mol. The van der Waals surface area contributed by atoms with Crippen molar-refractivity contribution in [3.05, 3.63) is 36.5 Å². The lowest BCUT2D eigenvalue weighted by atomic mass is 10.0. The van der Waals surface area contributed by atoms with E-state index in [1.165, 1.54) is 186 Å². The van der Waals surface area contributed by atoms with E-state index in [4.69, 9.17) is 14.2 Å². The van der Waals surface area contributed by atoms with Gasteiger partial charge in [-0.15, -0.1) is 0 Å². The number of hydrogen-bond acceptors (Lipinski definition) is 5. The maximum Gasteiger partial charge on any atom is 0.306 e. The minimum atomic E-state index is -0.540. The molecule has 1 atom stereocenters. The van der Waals surface area contributed by atoms with Crippen LogP contribution in [0.5, 0.6) is 0 Å². The number of ether oxygens (including phenoxy) is 3. The Morgan fingerprint density at radius 1 is 0.367 bits per heavy atom. The molecule has 0 aliphatic carbocycles. The molecule has 0 fully saturated rings. The molecular weight excluding hydrogens is 741 g/mol. The van der Waals surface area contributed by atoms with E-state index in [2.05, 4.69) is 57.2 Å². The van der Waals surface area contributed by atoms with Crippen molar-refractivity contribution in [1.29, 1.82) is 0 Å². The van der Waals surface area contributed by atoms with Crippen molar-refractivity contribution in [3.63, 3.8) is 0 Å². The summed E-state index contributed by atoms with van der Waals surface area (Å²) < 4.78 is 17.4. The van der Waals surface area contributed by atoms with E-state index in [0.29, 0.717) is 19.4 Å². The molecule has 0 bridgehead atoms. The van der Waals surface area contributed by atoms with E-state index in [0.717, 1.165) is 57.8 Å². The van der Waals surface area contributed by atoms with E-state index in [1.807, 2.05) is 0 Å². The van der Waals surface area contributed by atoms with Gasteiger partial charge in [-0.2, -0.15) is 0 Å². The molecule has 0 aliphatic heterocycles. The highest BCUT2D eigenvalue weighted by atomic mass is 16.6. The average Bonchev–Trinajstić information content (AvgIpc) is 3.25. The number of hydrogen-bond donors (Lipinski definition) is 0. The van der Waals surface area contributed by atoms with Crippen LogP contribution in [-0.4, -0.2) is 37.9 Å². The minimum absolute atomic E-state index is 0.0813. The number of allylic oxidation sites excluding steroid dienone is 6. The first-order valence-electron chi connectivity index (χ1n) is 26.5. The fraction of sp³-hybridized carbons (Fsp3) is 0.855. The summed E-state index contributed by atoms with van der Waals surface area (Å²) in [5.74, 6) is -0.398. The number of rotatable bonds is 49. The third kappa shape index (κ3) is 48.8. The third-order valence-electron chi connectivity index (χ3n) is 11.6. The lowest BCUT2D eigenvalue weighted by molar-refractivity contribution is -0.163.